The van der Waals surface area contributed by atoms with E-state index in [1.165, 1.54) is 135 Å². The molecule has 0 spiro atoms. The van der Waals surface area contributed by atoms with Crippen LogP contribution < -0.4 is 0 Å². The largest absolute Gasteiger partial charge is 0.472 e. The number of unbranched alkanes of at least 4 members (excludes halogenated alkanes) is 31. The Bertz CT molecular complexity index is 1770. The molecule has 0 aliphatic carbocycles. The molecular formula is C70H136O17P2. The highest BCUT2D eigenvalue weighted by Crippen LogP contribution is 2.45. The Morgan fingerprint density at radius 1 is 0.315 bits per heavy atom. The first-order valence-electron chi connectivity index (χ1n) is 36.3. The van der Waals surface area contributed by atoms with Gasteiger partial charge in [0, 0.05) is 25.7 Å². The topological polar surface area (TPSA) is 237 Å². The van der Waals surface area contributed by atoms with Gasteiger partial charge < -0.3 is 33.8 Å². The molecule has 4 unspecified atom stereocenters. The third-order valence-corrected chi connectivity index (χ3v) is 18.7. The van der Waals surface area contributed by atoms with Crippen LogP contribution >= 0.6 is 15.6 Å². The minimum absolute atomic E-state index is 0.104. The number of phosphoric ester groups is 2. The monoisotopic (exact) mass is 1310 g/mol. The molecule has 0 saturated carbocycles. The first-order chi connectivity index (χ1) is 42.7. The van der Waals surface area contributed by atoms with Gasteiger partial charge in [-0.2, -0.15) is 0 Å². The number of hydrogen-bond acceptors (Lipinski definition) is 15. The predicted molar refractivity (Wildman–Crippen MR) is 358 cm³/mol. The Hall–Kier alpha value is -1.94. The first kappa shape index (κ1) is 87.1. The molecule has 0 aromatic heterocycles. The van der Waals surface area contributed by atoms with Crippen LogP contribution in [0.3, 0.4) is 0 Å². The highest BCUT2D eigenvalue weighted by Gasteiger charge is 2.30. The van der Waals surface area contributed by atoms with Gasteiger partial charge in [0.05, 0.1) is 26.4 Å². The fraction of sp³-hybridized carbons (Fsp3) is 0.943. The third kappa shape index (κ3) is 62.0. The number of hydrogen-bond donors (Lipinski definition) is 3. The van der Waals surface area contributed by atoms with Crippen LogP contribution in [0.5, 0.6) is 0 Å². The summed E-state index contributed by atoms with van der Waals surface area (Å²) >= 11 is 0. The summed E-state index contributed by atoms with van der Waals surface area (Å²) < 4.78 is 68.2. The fourth-order valence-corrected chi connectivity index (χ4v) is 12.0. The van der Waals surface area contributed by atoms with E-state index >= 15 is 0 Å². The Morgan fingerprint density at radius 2 is 0.539 bits per heavy atom. The molecule has 7 atom stereocenters. The maximum Gasteiger partial charge on any atom is 0.472 e. The SMILES string of the molecule is CCC(C)CCCCCCCCCCCCCCCCC(=O)O[C@H](COC(=O)CCCCCCCCC(C)C)COP(=O)(O)OC[C@H](O)COP(=O)(O)OC[C@@H](COC(=O)CCCCCCCCC(C)CC)OC(=O)CCCCCCCCCCCC(C)C. The summed E-state index contributed by atoms with van der Waals surface area (Å²) in [7, 11) is -9.90. The zero-order chi connectivity index (χ0) is 66.1. The normalized spacial score (nSPS) is 14.9. The van der Waals surface area contributed by atoms with Crippen LogP contribution in [0.25, 0.3) is 0 Å². The molecular weight excluding hydrogens is 1170 g/mol. The highest BCUT2D eigenvalue weighted by molar-refractivity contribution is 7.47. The number of aliphatic hydroxyl groups is 1. The molecule has 0 rings (SSSR count). The maximum atomic E-state index is 13.0. The standard InChI is InChI=1S/C70H136O17P2/c1-9-62(7)48-40-32-23-19-15-13-11-12-14-16-20-24-36-44-52-69(74)86-65(56-80-67(72)50-42-34-28-26-31-39-47-61(5)6)58-84-88(76,77)82-54-64(71)55-83-89(78,79)85-59-66(57-81-68(73)51-43-35-29-27-33-41-49-63(8)10-2)87-70(75)53-45-37-25-21-17-18-22-30-38-46-60(3)4/h60-66,71H,9-59H2,1-8H3,(H,76,77)(H,78,79)/t62?,63?,64-,65+,66+/m0/s1. The zero-order valence-electron chi connectivity index (χ0n) is 58.1. The van der Waals surface area contributed by atoms with Crippen molar-refractivity contribution in [1.29, 1.82) is 0 Å². The minimum Gasteiger partial charge on any atom is -0.462 e. The van der Waals surface area contributed by atoms with E-state index in [1.54, 1.807) is 0 Å². The van der Waals surface area contributed by atoms with Gasteiger partial charge in [0.25, 0.3) is 0 Å². The quantitative estimate of drug-likeness (QED) is 0.0222. The zero-order valence-corrected chi connectivity index (χ0v) is 59.8. The second-order valence-corrected chi connectivity index (χ2v) is 29.6. The van der Waals surface area contributed by atoms with Crippen molar-refractivity contribution in [2.75, 3.05) is 39.6 Å². The van der Waals surface area contributed by atoms with Crippen molar-refractivity contribution in [2.45, 2.75) is 363 Å². The van der Waals surface area contributed by atoms with Gasteiger partial charge in [0.1, 0.15) is 19.3 Å². The van der Waals surface area contributed by atoms with Crippen LogP contribution in [0.1, 0.15) is 344 Å². The molecule has 3 N–H and O–H groups in total. The van der Waals surface area contributed by atoms with Crippen LogP contribution in [-0.4, -0.2) is 96.7 Å². The van der Waals surface area contributed by atoms with Gasteiger partial charge >= 0.3 is 39.5 Å². The lowest BCUT2D eigenvalue weighted by Gasteiger charge is -2.21. The van der Waals surface area contributed by atoms with Crippen LogP contribution in [0, 0.1) is 23.7 Å². The lowest BCUT2D eigenvalue weighted by Crippen LogP contribution is -2.30. The number of phosphoric acid groups is 2. The Balaban J connectivity index is 5.21. The molecule has 17 nitrogen and oxygen atoms in total. The summed E-state index contributed by atoms with van der Waals surface area (Å²) in [5, 5.41) is 10.6. The van der Waals surface area contributed by atoms with Crippen LogP contribution in [-0.2, 0) is 65.4 Å². The van der Waals surface area contributed by atoms with Gasteiger partial charge in [-0.1, -0.05) is 293 Å². The second kappa shape index (κ2) is 59.8. The number of carbonyl (C=O) groups excluding carboxylic acids is 4. The number of rotatable bonds is 67. The molecule has 0 heterocycles. The maximum absolute atomic E-state index is 13.0. The number of ether oxygens (including phenoxy) is 4. The average molecular weight is 1310 g/mol. The van der Waals surface area contributed by atoms with Gasteiger partial charge in [-0.3, -0.25) is 37.3 Å². The Kier molecular flexibility index (Phi) is 58.5. The van der Waals surface area contributed by atoms with Crippen LogP contribution in [0.15, 0.2) is 0 Å². The molecule has 89 heavy (non-hydrogen) atoms. The van der Waals surface area contributed by atoms with Crippen molar-refractivity contribution >= 4 is 39.5 Å². The van der Waals surface area contributed by atoms with Crippen molar-refractivity contribution < 1.29 is 80.2 Å². The van der Waals surface area contributed by atoms with E-state index in [-0.39, 0.29) is 25.7 Å². The Labute approximate surface area is 543 Å². The van der Waals surface area contributed by atoms with E-state index < -0.39 is 97.5 Å². The van der Waals surface area contributed by atoms with Gasteiger partial charge in [-0.15, -0.1) is 0 Å². The molecule has 19 heteroatoms. The molecule has 0 radical (unpaired) electrons. The van der Waals surface area contributed by atoms with E-state index in [4.69, 9.17) is 37.0 Å². The van der Waals surface area contributed by atoms with Gasteiger partial charge in [-0.25, -0.2) is 9.13 Å². The fourth-order valence-electron chi connectivity index (χ4n) is 10.4. The third-order valence-electron chi connectivity index (χ3n) is 16.8. The van der Waals surface area contributed by atoms with Gasteiger partial charge in [-0.05, 0) is 49.4 Å². The van der Waals surface area contributed by atoms with Crippen molar-refractivity contribution in [3.63, 3.8) is 0 Å². The summed E-state index contributed by atoms with van der Waals surface area (Å²) in [4.78, 5) is 72.5. The number of carbonyl (C=O) groups is 4. The average Bonchev–Trinajstić information content (AvgIpc) is 3.53. The predicted octanol–water partition coefficient (Wildman–Crippen LogP) is 19.7. The molecule has 0 saturated heterocycles. The van der Waals surface area contributed by atoms with Crippen molar-refractivity contribution in [3.8, 4) is 0 Å². The van der Waals surface area contributed by atoms with Gasteiger partial charge in [0.15, 0.2) is 12.2 Å². The molecule has 0 fully saturated rings. The van der Waals surface area contributed by atoms with Gasteiger partial charge in [0.2, 0.25) is 0 Å². The van der Waals surface area contributed by atoms with Crippen molar-refractivity contribution in [3.05, 3.63) is 0 Å². The molecule has 528 valence electrons. The summed E-state index contributed by atoms with van der Waals surface area (Å²) in [6.45, 7) is 14.1. The number of aliphatic hydroxyl groups excluding tert-OH is 1. The highest BCUT2D eigenvalue weighted by atomic mass is 31.2. The smallest absolute Gasteiger partial charge is 0.462 e. The molecule has 0 aliphatic rings. The summed E-state index contributed by atoms with van der Waals surface area (Å²) in [5.41, 5.74) is 0. The van der Waals surface area contributed by atoms with Crippen molar-refractivity contribution in [2.24, 2.45) is 23.7 Å². The van der Waals surface area contributed by atoms with Crippen molar-refractivity contribution in [1.82, 2.24) is 0 Å². The summed E-state index contributed by atoms with van der Waals surface area (Å²) in [5.74, 6) is 0.860. The second-order valence-electron chi connectivity index (χ2n) is 26.7. The molecule has 0 amide bonds. The lowest BCUT2D eigenvalue weighted by molar-refractivity contribution is -0.161. The van der Waals surface area contributed by atoms with Crippen LogP contribution in [0.2, 0.25) is 0 Å². The molecule has 0 aromatic carbocycles. The van der Waals surface area contributed by atoms with E-state index in [0.29, 0.717) is 31.6 Å². The first-order valence-corrected chi connectivity index (χ1v) is 39.3. The van der Waals surface area contributed by atoms with E-state index in [2.05, 4.69) is 55.4 Å². The summed E-state index contributed by atoms with van der Waals surface area (Å²) in [6.07, 6.45) is 41.8. The molecule has 0 bridgehead atoms. The lowest BCUT2D eigenvalue weighted by atomic mass is 9.99. The Morgan fingerprint density at radius 3 is 0.798 bits per heavy atom. The number of esters is 4. The molecule has 0 aromatic rings. The molecule has 0 aliphatic heterocycles. The van der Waals surface area contributed by atoms with E-state index in [0.717, 1.165) is 120 Å². The minimum atomic E-state index is -4.95. The summed E-state index contributed by atoms with van der Waals surface area (Å²) in [6, 6.07) is 0. The van der Waals surface area contributed by atoms with E-state index in [1.807, 2.05) is 0 Å². The van der Waals surface area contributed by atoms with Crippen LogP contribution in [0.4, 0.5) is 0 Å². The van der Waals surface area contributed by atoms with E-state index in [9.17, 15) is 43.2 Å².